The maximum atomic E-state index is 12.8. The van der Waals surface area contributed by atoms with Crippen LogP contribution in [0.1, 0.15) is 61.7 Å². The summed E-state index contributed by atoms with van der Waals surface area (Å²) in [5.74, 6) is 2.67. The summed E-state index contributed by atoms with van der Waals surface area (Å²) in [5, 5.41) is 10.2. The number of aryl methyl sites for hydroxylation is 2. The number of nitrogens with zero attached hydrogens (tertiary/aromatic N) is 4. The summed E-state index contributed by atoms with van der Waals surface area (Å²) in [6.07, 6.45) is 7.85. The summed E-state index contributed by atoms with van der Waals surface area (Å²) >= 11 is 12.2. The van der Waals surface area contributed by atoms with E-state index < -0.39 is 0 Å². The summed E-state index contributed by atoms with van der Waals surface area (Å²) in [6.45, 7) is 2.58. The minimum Gasteiger partial charge on any atom is -0.342 e. The molecule has 0 N–H and O–H groups in total. The Labute approximate surface area is 176 Å². The van der Waals surface area contributed by atoms with Gasteiger partial charge in [0.25, 0.3) is 0 Å². The molecule has 0 aliphatic carbocycles. The minimum atomic E-state index is 0.186. The van der Waals surface area contributed by atoms with Gasteiger partial charge >= 0.3 is 0 Å². The van der Waals surface area contributed by atoms with Crippen molar-refractivity contribution in [3.8, 4) is 0 Å². The molecule has 2 aromatic rings. The van der Waals surface area contributed by atoms with E-state index in [9.17, 15) is 4.79 Å². The molecule has 5 nitrogen and oxygen atoms in total. The van der Waals surface area contributed by atoms with Crippen molar-refractivity contribution in [1.82, 2.24) is 19.7 Å². The number of halogens is 2. The second-order valence-electron chi connectivity index (χ2n) is 7.85. The van der Waals surface area contributed by atoms with Crippen LogP contribution in [0.2, 0.25) is 10.0 Å². The highest BCUT2D eigenvalue weighted by atomic mass is 35.5. The van der Waals surface area contributed by atoms with Crippen molar-refractivity contribution in [3.05, 3.63) is 45.5 Å². The molecule has 1 fully saturated rings. The predicted molar refractivity (Wildman–Crippen MR) is 111 cm³/mol. The lowest BCUT2D eigenvalue weighted by atomic mass is 9.96. The van der Waals surface area contributed by atoms with Gasteiger partial charge in [-0.25, -0.2) is 0 Å². The molecule has 1 unspecified atom stereocenters. The van der Waals surface area contributed by atoms with Crippen molar-refractivity contribution >= 4 is 29.1 Å². The molecule has 1 atom stereocenters. The van der Waals surface area contributed by atoms with E-state index in [4.69, 9.17) is 23.2 Å². The van der Waals surface area contributed by atoms with Gasteiger partial charge in [0.1, 0.15) is 11.6 Å². The third kappa shape index (κ3) is 4.36. The summed E-state index contributed by atoms with van der Waals surface area (Å²) in [6, 6.07) is 5.46. The van der Waals surface area contributed by atoms with Gasteiger partial charge in [0.15, 0.2) is 0 Å². The molecule has 2 aliphatic rings. The van der Waals surface area contributed by atoms with Crippen LogP contribution in [0, 0.1) is 0 Å². The van der Waals surface area contributed by atoms with Crippen molar-refractivity contribution in [1.29, 1.82) is 0 Å². The highest BCUT2D eigenvalue weighted by Gasteiger charge is 2.29. The first kappa shape index (κ1) is 19.7. The van der Waals surface area contributed by atoms with Gasteiger partial charge in [0.05, 0.1) is 0 Å². The van der Waals surface area contributed by atoms with Crippen LogP contribution < -0.4 is 0 Å². The number of rotatable bonds is 4. The lowest BCUT2D eigenvalue weighted by Crippen LogP contribution is -2.40. The van der Waals surface area contributed by atoms with Crippen LogP contribution in [0.5, 0.6) is 0 Å². The molecular weight excluding hydrogens is 395 g/mol. The summed E-state index contributed by atoms with van der Waals surface area (Å²) in [4.78, 5) is 14.8. The molecule has 1 aromatic carbocycles. The lowest BCUT2D eigenvalue weighted by molar-refractivity contribution is -0.132. The van der Waals surface area contributed by atoms with Crippen molar-refractivity contribution in [2.24, 2.45) is 0 Å². The lowest BCUT2D eigenvalue weighted by Gasteiger charge is -2.32. The second-order valence-corrected chi connectivity index (χ2v) is 8.69. The maximum Gasteiger partial charge on any atom is 0.222 e. The van der Waals surface area contributed by atoms with E-state index in [1.807, 2.05) is 17.0 Å². The molecule has 0 saturated carbocycles. The van der Waals surface area contributed by atoms with Crippen LogP contribution >= 0.6 is 23.2 Å². The molecule has 1 saturated heterocycles. The molecule has 4 rings (SSSR count). The van der Waals surface area contributed by atoms with Gasteiger partial charge in [0, 0.05) is 48.4 Å². The SMILES string of the molecule is O=C(CCc1ccc(Cl)cc1Cl)N1CCCC(c2nnc3n2CCCCC3)C1. The molecule has 7 heteroatoms. The number of piperidine rings is 1. The van der Waals surface area contributed by atoms with Crippen molar-refractivity contribution < 1.29 is 4.79 Å². The predicted octanol–water partition coefficient (Wildman–Crippen LogP) is 4.65. The number of carbonyl (C=O) groups is 1. The van der Waals surface area contributed by atoms with E-state index in [2.05, 4.69) is 14.8 Å². The second kappa shape index (κ2) is 8.83. The number of likely N-dealkylation sites (tertiary alicyclic amines) is 1. The van der Waals surface area contributed by atoms with Gasteiger partial charge in [-0.2, -0.15) is 0 Å². The molecule has 150 valence electrons. The zero-order chi connectivity index (χ0) is 19.5. The van der Waals surface area contributed by atoms with Crippen LogP contribution in [-0.4, -0.2) is 38.7 Å². The Bertz CT molecular complexity index is 851. The maximum absolute atomic E-state index is 12.8. The fourth-order valence-corrected chi connectivity index (χ4v) is 4.85. The molecule has 0 bridgehead atoms. The monoisotopic (exact) mass is 420 g/mol. The van der Waals surface area contributed by atoms with Gasteiger partial charge < -0.3 is 9.47 Å². The molecule has 0 radical (unpaired) electrons. The zero-order valence-electron chi connectivity index (χ0n) is 16.0. The Morgan fingerprint density at radius 2 is 2.00 bits per heavy atom. The number of benzene rings is 1. The Morgan fingerprint density at radius 1 is 1.11 bits per heavy atom. The average molecular weight is 421 g/mol. The largest absolute Gasteiger partial charge is 0.342 e. The fraction of sp³-hybridized carbons (Fsp3) is 0.571. The third-order valence-corrected chi connectivity index (χ3v) is 6.49. The number of fused-ring (bicyclic) bond motifs is 1. The van der Waals surface area contributed by atoms with Crippen LogP contribution in [0.4, 0.5) is 0 Å². The van der Waals surface area contributed by atoms with Gasteiger partial charge in [-0.3, -0.25) is 4.79 Å². The number of hydrogen-bond donors (Lipinski definition) is 0. The first-order chi connectivity index (χ1) is 13.6. The van der Waals surface area contributed by atoms with Crippen molar-refractivity contribution in [2.75, 3.05) is 13.1 Å². The number of aromatic nitrogens is 3. The molecular formula is C21H26Cl2N4O. The Morgan fingerprint density at radius 3 is 2.86 bits per heavy atom. The topological polar surface area (TPSA) is 51.0 Å². The van der Waals surface area contributed by atoms with Gasteiger partial charge in [-0.05, 0) is 49.8 Å². The molecule has 1 amide bonds. The smallest absolute Gasteiger partial charge is 0.222 e. The summed E-state index contributed by atoms with van der Waals surface area (Å²) in [7, 11) is 0. The standard InChI is InChI=1S/C21H26Cl2N4O/c22-17-9-7-15(18(23)13-17)8-10-20(28)26-11-4-5-16(14-26)21-25-24-19-6-2-1-3-12-27(19)21/h7,9,13,16H,1-6,8,10-12,14H2. The molecule has 2 aliphatic heterocycles. The summed E-state index contributed by atoms with van der Waals surface area (Å²) in [5.41, 5.74) is 0.968. The normalized spacial score (nSPS) is 19.9. The Kier molecular flexibility index (Phi) is 6.22. The van der Waals surface area contributed by atoms with Crippen LogP contribution in [-0.2, 0) is 24.2 Å². The van der Waals surface area contributed by atoms with E-state index in [-0.39, 0.29) is 11.8 Å². The van der Waals surface area contributed by atoms with Gasteiger partial charge in [-0.15, -0.1) is 10.2 Å². The first-order valence-electron chi connectivity index (χ1n) is 10.3. The van der Waals surface area contributed by atoms with Gasteiger partial charge in [0.2, 0.25) is 5.91 Å². The third-order valence-electron chi connectivity index (χ3n) is 5.90. The van der Waals surface area contributed by atoms with E-state index in [0.717, 1.165) is 56.1 Å². The highest BCUT2D eigenvalue weighted by molar-refractivity contribution is 6.35. The van der Waals surface area contributed by atoms with E-state index in [0.29, 0.717) is 22.9 Å². The van der Waals surface area contributed by atoms with Gasteiger partial charge in [-0.1, -0.05) is 35.7 Å². The molecule has 3 heterocycles. The highest BCUT2D eigenvalue weighted by Crippen LogP contribution is 2.29. The van der Waals surface area contributed by atoms with Crippen molar-refractivity contribution in [2.45, 2.75) is 63.8 Å². The number of carbonyl (C=O) groups excluding carboxylic acids is 1. The summed E-state index contributed by atoms with van der Waals surface area (Å²) < 4.78 is 2.32. The number of amides is 1. The Hall–Kier alpha value is -1.59. The van der Waals surface area contributed by atoms with Crippen LogP contribution in [0.25, 0.3) is 0 Å². The number of hydrogen-bond acceptors (Lipinski definition) is 3. The zero-order valence-corrected chi connectivity index (χ0v) is 17.6. The van der Waals surface area contributed by atoms with E-state index in [1.54, 1.807) is 6.07 Å². The van der Waals surface area contributed by atoms with E-state index >= 15 is 0 Å². The first-order valence-corrected chi connectivity index (χ1v) is 11.0. The average Bonchev–Trinajstić information content (AvgIpc) is 2.95. The minimum absolute atomic E-state index is 0.186. The molecule has 28 heavy (non-hydrogen) atoms. The van der Waals surface area contributed by atoms with Crippen LogP contribution in [0.3, 0.4) is 0 Å². The molecule has 0 spiro atoms. The van der Waals surface area contributed by atoms with Crippen LogP contribution in [0.15, 0.2) is 18.2 Å². The molecule has 1 aromatic heterocycles. The quantitative estimate of drug-likeness (QED) is 0.722. The Balaban J connectivity index is 1.39. The van der Waals surface area contributed by atoms with Crippen molar-refractivity contribution in [3.63, 3.8) is 0 Å². The fourth-order valence-electron chi connectivity index (χ4n) is 4.35. The van der Waals surface area contributed by atoms with E-state index in [1.165, 1.54) is 19.3 Å².